The molecule has 1 aliphatic rings. The van der Waals surface area contributed by atoms with Crippen LogP contribution in [0.15, 0.2) is 0 Å². The van der Waals surface area contributed by atoms with Crippen molar-refractivity contribution >= 4 is 21.6 Å². The van der Waals surface area contributed by atoms with Crippen molar-refractivity contribution in [2.45, 2.75) is 13.3 Å². The van der Waals surface area contributed by atoms with E-state index in [0.29, 0.717) is 25.6 Å². The van der Waals surface area contributed by atoms with E-state index in [1.807, 2.05) is 6.92 Å². The number of nitrogens with zero attached hydrogens (tertiary/aromatic N) is 2. The van der Waals surface area contributed by atoms with E-state index in [2.05, 4.69) is 4.90 Å². The van der Waals surface area contributed by atoms with Crippen LogP contribution in [0.1, 0.15) is 13.3 Å². The van der Waals surface area contributed by atoms with Gasteiger partial charge < -0.3 is 4.74 Å². The number of halogens is 1. The highest BCUT2D eigenvalue weighted by atomic mass is 35.5. The van der Waals surface area contributed by atoms with Crippen molar-refractivity contribution in [3.8, 4) is 0 Å². The fourth-order valence-electron chi connectivity index (χ4n) is 2.18. The van der Waals surface area contributed by atoms with Gasteiger partial charge in [0.2, 0.25) is 10.0 Å². The van der Waals surface area contributed by atoms with E-state index in [1.54, 1.807) is 11.4 Å². The van der Waals surface area contributed by atoms with Gasteiger partial charge in [-0.2, -0.15) is 0 Å². The number of ether oxygens (including phenoxy) is 1. The molecule has 0 radical (unpaired) electrons. The molecule has 7 heteroatoms. The largest absolute Gasteiger partial charge is 0.383 e. The van der Waals surface area contributed by atoms with Crippen molar-refractivity contribution in [3.05, 3.63) is 0 Å². The molecule has 19 heavy (non-hydrogen) atoms. The van der Waals surface area contributed by atoms with Crippen molar-refractivity contribution in [2.24, 2.45) is 5.92 Å². The van der Waals surface area contributed by atoms with Gasteiger partial charge in [-0.05, 0) is 18.9 Å². The van der Waals surface area contributed by atoms with Gasteiger partial charge in [-0.25, -0.2) is 12.7 Å². The molecule has 1 heterocycles. The van der Waals surface area contributed by atoms with Crippen molar-refractivity contribution in [2.75, 3.05) is 58.1 Å². The van der Waals surface area contributed by atoms with Crippen LogP contribution in [-0.4, -0.2) is 75.7 Å². The maximum Gasteiger partial charge on any atom is 0.214 e. The number of rotatable bonds is 7. The Hall–Kier alpha value is 0.120. The van der Waals surface area contributed by atoms with Crippen molar-refractivity contribution in [1.82, 2.24) is 9.21 Å². The molecule has 0 aromatic rings. The number of sulfonamides is 1. The Morgan fingerprint density at radius 3 is 2.63 bits per heavy atom. The van der Waals surface area contributed by atoms with Crippen LogP contribution in [0.5, 0.6) is 0 Å². The molecule has 0 bridgehead atoms. The Balaban J connectivity index is 2.51. The zero-order chi connectivity index (χ0) is 14.3. The summed E-state index contributed by atoms with van der Waals surface area (Å²) in [7, 11) is -1.49. The van der Waals surface area contributed by atoms with Gasteiger partial charge in [0.05, 0.1) is 12.4 Å². The lowest BCUT2D eigenvalue weighted by Crippen LogP contribution is -2.38. The van der Waals surface area contributed by atoms with E-state index in [9.17, 15) is 8.42 Å². The first-order valence-corrected chi connectivity index (χ1v) is 8.89. The second kappa shape index (κ2) is 8.42. The minimum Gasteiger partial charge on any atom is -0.383 e. The SMILES string of the molecule is COCCN1CCCN(S(=O)(=O)CC(C)CCl)CC1. The molecule has 0 aliphatic carbocycles. The zero-order valence-corrected chi connectivity index (χ0v) is 13.4. The number of methoxy groups -OCH3 is 1. The molecule has 114 valence electrons. The highest BCUT2D eigenvalue weighted by Crippen LogP contribution is 2.12. The summed E-state index contributed by atoms with van der Waals surface area (Å²) in [6.45, 7) is 6.31. The fraction of sp³-hybridized carbons (Fsp3) is 1.00. The summed E-state index contributed by atoms with van der Waals surface area (Å²) >= 11 is 5.70. The summed E-state index contributed by atoms with van der Waals surface area (Å²) in [5, 5.41) is 0. The molecule has 0 aromatic carbocycles. The van der Waals surface area contributed by atoms with E-state index in [4.69, 9.17) is 16.3 Å². The average molecular weight is 313 g/mol. The maximum atomic E-state index is 12.3. The molecule has 1 saturated heterocycles. The van der Waals surface area contributed by atoms with Crippen LogP contribution in [0.2, 0.25) is 0 Å². The molecular formula is C12H25ClN2O3S. The molecule has 1 atom stereocenters. The summed E-state index contributed by atoms with van der Waals surface area (Å²) in [6.07, 6.45) is 0.873. The van der Waals surface area contributed by atoms with Gasteiger partial charge in [-0.3, -0.25) is 4.90 Å². The smallest absolute Gasteiger partial charge is 0.214 e. The highest BCUT2D eigenvalue weighted by Gasteiger charge is 2.26. The summed E-state index contributed by atoms with van der Waals surface area (Å²) in [5.41, 5.74) is 0. The van der Waals surface area contributed by atoms with Crippen molar-refractivity contribution in [1.29, 1.82) is 0 Å². The molecule has 0 aromatic heterocycles. The number of hydrogen-bond donors (Lipinski definition) is 0. The minimum absolute atomic E-state index is 0.000450. The lowest BCUT2D eigenvalue weighted by Gasteiger charge is -2.22. The van der Waals surface area contributed by atoms with Gasteiger partial charge >= 0.3 is 0 Å². The van der Waals surface area contributed by atoms with Crippen molar-refractivity contribution in [3.63, 3.8) is 0 Å². The van der Waals surface area contributed by atoms with Crippen LogP contribution in [-0.2, 0) is 14.8 Å². The summed E-state index contributed by atoms with van der Waals surface area (Å²) in [4.78, 5) is 2.25. The van der Waals surface area contributed by atoms with Crippen LogP contribution in [0, 0.1) is 5.92 Å². The Morgan fingerprint density at radius 2 is 2.00 bits per heavy atom. The van der Waals surface area contributed by atoms with Gasteiger partial charge in [0.15, 0.2) is 0 Å². The fourth-order valence-corrected chi connectivity index (χ4v) is 4.23. The highest BCUT2D eigenvalue weighted by molar-refractivity contribution is 7.89. The van der Waals surface area contributed by atoms with E-state index < -0.39 is 10.0 Å². The zero-order valence-electron chi connectivity index (χ0n) is 11.8. The summed E-state index contributed by atoms with van der Waals surface area (Å²) < 4.78 is 31.2. The third-order valence-corrected chi connectivity index (χ3v) is 5.98. The van der Waals surface area contributed by atoms with Crippen LogP contribution >= 0.6 is 11.6 Å². The van der Waals surface area contributed by atoms with E-state index in [1.165, 1.54) is 0 Å². The second-order valence-electron chi connectivity index (χ2n) is 5.13. The molecule has 1 aliphatic heterocycles. The molecule has 1 rings (SSSR count). The van der Waals surface area contributed by atoms with Gasteiger partial charge in [0.1, 0.15) is 0 Å². The van der Waals surface area contributed by atoms with Crippen molar-refractivity contribution < 1.29 is 13.2 Å². The van der Waals surface area contributed by atoms with Gasteiger partial charge in [0.25, 0.3) is 0 Å². The maximum absolute atomic E-state index is 12.3. The first-order chi connectivity index (χ1) is 8.99. The third-order valence-electron chi connectivity index (χ3n) is 3.31. The van der Waals surface area contributed by atoms with Gasteiger partial charge in [-0.15, -0.1) is 11.6 Å². The predicted molar refractivity (Wildman–Crippen MR) is 78.2 cm³/mol. The van der Waals surface area contributed by atoms with E-state index in [0.717, 1.165) is 26.1 Å². The monoisotopic (exact) mass is 312 g/mol. The van der Waals surface area contributed by atoms with Crippen LogP contribution < -0.4 is 0 Å². The Morgan fingerprint density at radius 1 is 1.26 bits per heavy atom. The quantitative estimate of drug-likeness (QED) is 0.654. The van der Waals surface area contributed by atoms with E-state index >= 15 is 0 Å². The Labute approximate surface area is 121 Å². The standard InChI is InChI=1S/C12H25ClN2O3S/c1-12(10-13)11-19(16,17)15-5-3-4-14(6-7-15)8-9-18-2/h12H,3-11H2,1-2H3. The summed E-state index contributed by atoms with van der Waals surface area (Å²) in [6, 6.07) is 0. The lowest BCUT2D eigenvalue weighted by atomic mass is 10.3. The van der Waals surface area contributed by atoms with Crippen LogP contribution in [0.25, 0.3) is 0 Å². The average Bonchev–Trinajstić information content (AvgIpc) is 2.61. The predicted octanol–water partition coefficient (Wildman–Crippen LogP) is 0.845. The number of alkyl halides is 1. The molecule has 0 saturated carbocycles. The molecule has 0 N–H and O–H groups in total. The first kappa shape index (κ1) is 17.2. The van der Waals surface area contributed by atoms with Gasteiger partial charge in [-0.1, -0.05) is 6.92 Å². The lowest BCUT2D eigenvalue weighted by molar-refractivity contribution is 0.151. The molecule has 0 amide bonds. The second-order valence-corrected chi connectivity index (χ2v) is 7.45. The topological polar surface area (TPSA) is 49.9 Å². The summed E-state index contributed by atoms with van der Waals surface area (Å²) in [5.74, 6) is 0.529. The van der Waals surface area contributed by atoms with E-state index in [-0.39, 0.29) is 11.7 Å². The normalized spacial score (nSPS) is 21.2. The Kier molecular flexibility index (Phi) is 7.61. The first-order valence-electron chi connectivity index (χ1n) is 6.74. The van der Waals surface area contributed by atoms with Gasteiger partial charge in [0, 0.05) is 39.2 Å². The number of hydrogen-bond acceptors (Lipinski definition) is 4. The molecule has 0 spiro atoms. The minimum atomic E-state index is -3.17. The third kappa shape index (κ3) is 5.95. The molecule has 1 unspecified atom stereocenters. The molecule has 1 fully saturated rings. The molecular weight excluding hydrogens is 288 g/mol. The van der Waals surface area contributed by atoms with Crippen LogP contribution in [0.3, 0.4) is 0 Å². The molecule has 5 nitrogen and oxygen atoms in total. The van der Waals surface area contributed by atoms with Crippen LogP contribution in [0.4, 0.5) is 0 Å². The Bertz CT molecular complexity index is 351.